The maximum Gasteiger partial charge on any atom is 0.184 e. The summed E-state index contributed by atoms with van der Waals surface area (Å²) in [5.41, 5.74) is 6.95. The minimum Gasteiger partial charge on any atom is -0.389 e. The number of benzene rings is 3. The van der Waals surface area contributed by atoms with Gasteiger partial charge in [0.1, 0.15) is 0 Å². The van der Waals surface area contributed by atoms with Crippen molar-refractivity contribution >= 4 is 11.0 Å². The van der Waals surface area contributed by atoms with Gasteiger partial charge in [-0.2, -0.15) is 0 Å². The Morgan fingerprint density at radius 3 is 2.63 bits per heavy atom. The molecule has 0 radical (unpaired) electrons. The van der Waals surface area contributed by atoms with Gasteiger partial charge in [0.2, 0.25) is 0 Å². The first kappa shape index (κ1) is 17.1. The van der Waals surface area contributed by atoms with Crippen LogP contribution in [0.3, 0.4) is 0 Å². The smallest absolute Gasteiger partial charge is 0.184 e. The van der Waals surface area contributed by atoms with E-state index in [2.05, 4.69) is 46.9 Å². The second-order valence-electron chi connectivity index (χ2n) is 6.70. The molecule has 132 valence electrons. The zero-order valence-corrected chi connectivity index (χ0v) is 15.3. The van der Waals surface area contributed by atoms with E-state index in [4.69, 9.17) is 0 Å². The average molecular weight is 352 g/mol. The Hall–Kier alpha value is -3.35. The summed E-state index contributed by atoms with van der Waals surface area (Å²) in [6.07, 6.45) is -0.519. The van der Waals surface area contributed by atoms with Crippen molar-refractivity contribution in [1.82, 2.24) is 9.97 Å². The Labute approximate surface area is 158 Å². The Balaban J connectivity index is 1.71. The summed E-state index contributed by atoms with van der Waals surface area (Å²) >= 11 is 0. The van der Waals surface area contributed by atoms with Crippen LogP contribution in [0.4, 0.5) is 0 Å². The Morgan fingerprint density at radius 2 is 1.81 bits per heavy atom. The molecule has 4 rings (SSSR count). The molecule has 3 aromatic carbocycles. The monoisotopic (exact) mass is 352 g/mol. The van der Waals surface area contributed by atoms with Crippen molar-refractivity contribution in [3.8, 4) is 23.0 Å². The van der Waals surface area contributed by atoms with Crippen LogP contribution < -0.4 is 0 Å². The maximum atomic E-state index is 10.0. The largest absolute Gasteiger partial charge is 0.389 e. The summed E-state index contributed by atoms with van der Waals surface area (Å²) in [5, 5.41) is 10.0. The fraction of sp³-hybridized carbons (Fsp3) is 0.125. The van der Waals surface area contributed by atoms with Gasteiger partial charge in [-0.25, -0.2) is 4.98 Å². The van der Waals surface area contributed by atoms with Crippen LogP contribution in [-0.2, 0) is 0 Å². The molecule has 0 aliphatic rings. The second kappa shape index (κ2) is 7.11. The molecule has 1 unspecified atom stereocenters. The van der Waals surface area contributed by atoms with Crippen LogP contribution >= 0.6 is 0 Å². The van der Waals surface area contributed by atoms with Gasteiger partial charge in [-0.05, 0) is 66.3 Å². The van der Waals surface area contributed by atoms with Crippen LogP contribution in [0.5, 0.6) is 0 Å². The SMILES string of the molecule is Cc1cccc(C#Cc2nc3ccc(-c4ccccc4C(C)O)cc3[nH]2)c1. The van der Waals surface area contributed by atoms with E-state index in [1.165, 1.54) is 5.56 Å². The van der Waals surface area contributed by atoms with E-state index < -0.39 is 6.10 Å². The molecule has 0 aliphatic carbocycles. The highest BCUT2D eigenvalue weighted by Crippen LogP contribution is 2.29. The highest BCUT2D eigenvalue weighted by Gasteiger charge is 2.10. The van der Waals surface area contributed by atoms with Gasteiger partial charge in [0.15, 0.2) is 5.82 Å². The maximum absolute atomic E-state index is 10.0. The van der Waals surface area contributed by atoms with E-state index in [0.29, 0.717) is 5.82 Å². The molecule has 0 spiro atoms. The van der Waals surface area contributed by atoms with Gasteiger partial charge in [0.05, 0.1) is 17.1 Å². The number of aliphatic hydroxyl groups is 1. The fourth-order valence-corrected chi connectivity index (χ4v) is 3.21. The van der Waals surface area contributed by atoms with Gasteiger partial charge < -0.3 is 10.1 Å². The normalized spacial score (nSPS) is 11.8. The minimum atomic E-state index is -0.519. The van der Waals surface area contributed by atoms with Crippen molar-refractivity contribution in [1.29, 1.82) is 0 Å². The van der Waals surface area contributed by atoms with Crippen molar-refractivity contribution in [3.63, 3.8) is 0 Å². The van der Waals surface area contributed by atoms with Crippen LogP contribution in [-0.4, -0.2) is 15.1 Å². The van der Waals surface area contributed by atoms with Crippen LogP contribution in [0.2, 0.25) is 0 Å². The lowest BCUT2D eigenvalue weighted by Crippen LogP contribution is -1.94. The molecule has 0 saturated carbocycles. The summed E-state index contributed by atoms with van der Waals surface area (Å²) in [6.45, 7) is 3.84. The average Bonchev–Trinajstić information content (AvgIpc) is 3.08. The van der Waals surface area contributed by atoms with Crippen LogP contribution in [0.25, 0.3) is 22.2 Å². The predicted molar refractivity (Wildman–Crippen MR) is 109 cm³/mol. The van der Waals surface area contributed by atoms with Gasteiger partial charge in [0.25, 0.3) is 0 Å². The lowest BCUT2D eigenvalue weighted by Gasteiger charge is -2.11. The molecule has 0 fully saturated rings. The van der Waals surface area contributed by atoms with Crippen molar-refractivity contribution in [3.05, 3.63) is 89.2 Å². The third-order valence-electron chi connectivity index (χ3n) is 4.55. The molecule has 1 atom stereocenters. The van der Waals surface area contributed by atoms with Crippen molar-refractivity contribution in [2.24, 2.45) is 0 Å². The molecule has 1 heterocycles. The van der Waals surface area contributed by atoms with Gasteiger partial charge in [-0.3, -0.25) is 0 Å². The molecular weight excluding hydrogens is 332 g/mol. The molecular formula is C24H20N2O. The predicted octanol–water partition coefficient (Wildman–Crippen LogP) is 4.99. The number of imidazole rings is 1. The number of rotatable bonds is 2. The van der Waals surface area contributed by atoms with Crippen molar-refractivity contribution in [2.75, 3.05) is 0 Å². The molecule has 27 heavy (non-hydrogen) atoms. The van der Waals surface area contributed by atoms with E-state index in [9.17, 15) is 5.11 Å². The third-order valence-corrected chi connectivity index (χ3v) is 4.55. The van der Waals surface area contributed by atoms with Crippen molar-refractivity contribution in [2.45, 2.75) is 20.0 Å². The number of aryl methyl sites for hydroxylation is 1. The molecule has 0 saturated heterocycles. The van der Waals surface area contributed by atoms with E-state index in [0.717, 1.165) is 33.3 Å². The number of H-pyrrole nitrogens is 1. The molecule has 0 amide bonds. The van der Waals surface area contributed by atoms with Crippen LogP contribution in [0, 0.1) is 18.8 Å². The zero-order valence-electron chi connectivity index (χ0n) is 15.3. The molecule has 3 heteroatoms. The Bertz CT molecular complexity index is 1180. The van der Waals surface area contributed by atoms with Gasteiger partial charge in [-0.15, -0.1) is 0 Å². The number of aliphatic hydroxyl groups excluding tert-OH is 1. The summed E-state index contributed by atoms with van der Waals surface area (Å²) in [6, 6.07) is 22.1. The summed E-state index contributed by atoms with van der Waals surface area (Å²) in [5.74, 6) is 6.91. The first-order valence-corrected chi connectivity index (χ1v) is 8.96. The summed E-state index contributed by atoms with van der Waals surface area (Å²) < 4.78 is 0. The third kappa shape index (κ3) is 3.62. The zero-order chi connectivity index (χ0) is 18.8. The molecule has 2 N–H and O–H groups in total. The highest BCUT2D eigenvalue weighted by atomic mass is 16.3. The number of nitrogens with one attached hydrogen (secondary N) is 1. The minimum absolute atomic E-state index is 0.519. The van der Waals surface area contributed by atoms with Crippen LogP contribution in [0.15, 0.2) is 66.7 Å². The number of aromatic amines is 1. The van der Waals surface area contributed by atoms with E-state index in [1.807, 2.05) is 48.5 Å². The lowest BCUT2D eigenvalue weighted by molar-refractivity contribution is 0.200. The number of hydrogen-bond donors (Lipinski definition) is 2. The topological polar surface area (TPSA) is 48.9 Å². The van der Waals surface area contributed by atoms with Gasteiger partial charge in [0, 0.05) is 5.56 Å². The molecule has 1 aromatic heterocycles. The molecule has 0 bridgehead atoms. The second-order valence-corrected chi connectivity index (χ2v) is 6.70. The van der Waals surface area contributed by atoms with Crippen LogP contribution in [0.1, 0.15) is 35.5 Å². The summed E-state index contributed by atoms with van der Waals surface area (Å²) in [4.78, 5) is 7.86. The first-order valence-electron chi connectivity index (χ1n) is 8.96. The van der Waals surface area contributed by atoms with E-state index >= 15 is 0 Å². The molecule has 3 nitrogen and oxygen atoms in total. The first-order chi connectivity index (χ1) is 13.1. The van der Waals surface area contributed by atoms with E-state index in [-0.39, 0.29) is 0 Å². The molecule has 0 aliphatic heterocycles. The summed E-state index contributed by atoms with van der Waals surface area (Å²) in [7, 11) is 0. The highest BCUT2D eigenvalue weighted by molar-refractivity contribution is 5.83. The van der Waals surface area contributed by atoms with Gasteiger partial charge >= 0.3 is 0 Å². The Morgan fingerprint density at radius 1 is 0.963 bits per heavy atom. The quantitative estimate of drug-likeness (QED) is 0.499. The Kier molecular flexibility index (Phi) is 4.50. The number of aromatic nitrogens is 2. The van der Waals surface area contributed by atoms with Gasteiger partial charge in [-0.1, -0.05) is 48.4 Å². The van der Waals surface area contributed by atoms with Crippen molar-refractivity contribution < 1.29 is 5.11 Å². The standard InChI is InChI=1S/C24H20N2O/c1-16-6-5-7-18(14-16)10-13-24-25-22-12-11-19(15-23(22)26-24)21-9-4-3-8-20(21)17(2)27/h3-9,11-12,14-15,17,27H,1-2H3,(H,25,26). The molecule has 4 aromatic rings. The number of hydrogen-bond acceptors (Lipinski definition) is 2. The fourth-order valence-electron chi connectivity index (χ4n) is 3.21. The number of nitrogens with zero attached hydrogens (tertiary/aromatic N) is 1. The van der Waals surface area contributed by atoms with E-state index in [1.54, 1.807) is 6.92 Å². The number of fused-ring (bicyclic) bond motifs is 1. The lowest BCUT2D eigenvalue weighted by atomic mass is 9.96.